The Morgan fingerprint density at radius 1 is 1.11 bits per heavy atom. The van der Waals surface area contributed by atoms with Crippen molar-refractivity contribution in [2.45, 2.75) is 59.3 Å². The fraction of sp³-hybridized carbons (Fsp3) is 0.611. The molecule has 1 unspecified atom stereocenters. The van der Waals surface area contributed by atoms with Crippen molar-refractivity contribution in [3.05, 3.63) is 35.4 Å². The van der Waals surface area contributed by atoms with Gasteiger partial charge in [-0.3, -0.25) is 4.79 Å². The molecule has 1 nitrogen and oxygen atoms in total. The van der Waals surface area contributed by atoms with Crippen molar-refractivity contribution in [1.82, 2.24) is 0 Å². The molecule has 104 valence electrons. The number of carbonyl (C=O) groups is 1. The number of carbonyl (C=O) groups excluding carboxylic acids is 1. The van der Waals surface area contributed by atoms with Crippen molar-refractivity contribution in [2.24, 2.45) is 11.3 Å². The molecule has 0 bridgehead atoms. The van der Waals surface area contributed by atoms with E-state index in [1.165, 1.54) is 36.8 Å². The summed E-state index contributed by atoms with van der Waals surface area (Å²) in [5.41, 5.74) is 2.23. The van der Waals surface area contributed by atoms with Crippen molar-refractivity contribution in [1.29, 1.82) is 0 Å². The fourth-order valence-corrected chi connectivity index (χ4v) is 3.17. The van der Waals surface area contributed by atoms with Crippen LogP contribution in [0, 0.1) is 18.3 Å². The SMILES string of the molecule is Cc1ccc(C(C(=O)C(C)(C)C)C2CCCC2)cc1. The molecule has 0 aliphatic heterocycles. The summed E-state index contributed by atoms with van der Waals surface area (Å²) in [6.07, 6.45) is 4.98. The molecule has 1 aliphatic carbocycles. The van der Waals surface area contributed by atoms with E-state index in [1.807, 2.05) is 20.8 Å². The van der Waals surface area contributed by atoms with E-state index in [-0.39, 0.29) is 11.3 Å². The van der Waals surface area contributed by atoms with E-state index in [2.05, 4.69) is 31.2 Å². The third-order valence-corrected chi connectivity index (χ3v) is 4.33. The molecule has 0 saturated heterocycles. The number of Topliss-reactive ketones (excluding diaryl/α,β-unsaturated/α-hetero) is 1. The number of hydrogen-bond donors (Lipinski definition) is 0. The van der Waals surface area contributed by atoms with Crippen molar-refractivity contribution in [2.75, 3.05) is 0 Å². The molecule has 0 spiro atoms. The van der Waals surface area contributed by atoms with Gasteiger partial charge >= 0.3 is 0 Å². The number of hydrogen-bond acceptors (Lipinski definition) is 1. The highest BCUT2D eigenvalue weighted by atomic mass is 16.1. The number of ketones is 1. The lowest BCUT2D eigenvalue weighted by Crippen LogP contribution is -2.30. The zero-order valence-corrected chi connectivity index (χ0v) is 12.7. The molecule has 1 aromatic carbocycles. The minimum Gasteiger partial charge on any atom is -0.298 e. The summed E-state index contributed by atoms with van der Waals surface area (Å²) in [7, 11) is 0. The maximum Gasteiger partial charge on any atom is 0.145 e. The van der Waals surface area contributed by atoms with Crippen molar-refractivity contribution < 1.29 is 4.79 Å². The average Bonchev–Trinajstić information content (AvgIpc) is 2.84. The van der Waals surface area contributed by atoms with Gasteiger partial charge in [0.05, 0.1) is 0 Å². The van der Waals surface area contributed by atoms with Crippen LogP contribution in [0.4, 0.5) is 0 Å². The van der Waals surface area contributed by atoms with Crippen LogP contribution in [0.15, 0.2) is 24.3 Å². The van der Waals surface area contributed by atoms with Crippen LogP contribution >= 0.6 is 0 Å². The Hall–Kier alpha value is -1.11. The predicted octanol–water partition coefficient (Wildman–Crippen LogP) is 4.88. The normalized spacial score (nSPS) is 18.5. The van der Waals surface area contributed by atoms with E-state index in [4.69, 9.17) is 0 Å². The largest absolute Gasteiger partial charge is 0.298 e. The highest BCUT2D eigenvalue weighted by molar-refractivity contribution is 5.90. The highest BCUT2D eigenvalue weighted by Crippen LogP contribution is 2.41. The number of benzene rings is 1. The van der Waals surface area contributed by atoms with Gasteiger partial charge in [-0.05, 0) is 31.2 Å². The fourth-order valence-electron chi connectivity index (χ4n) is 3.17. The quantitative estimate of drug-likeness (QED) is 0.755. The molecule has 0 radical (unpaired) electrons. The highest BCUT2D eigenvalue weighted by Gasteiger charge is 2.37. The lowest BCUT2D eigenvalue weighted by molar-refractivity contribution is -0.129. The first-order chi connectivity index (χ1) is 8.89. The second-order valence-corrected chi connectivity index (χ2v) is 7.05. The molecule has 0 aromatic heterocycles. The van der Waals surface area contributed by atoms with E-state index in [9.17, 15) is 4.79 Å². The van der Waals surface area contributed by atoms with Gasteiger partial charge in [-0.2, -0.15) is 0 Å². The van der Waals surface area contributed by atoms with E-state index in [0.29, 0.717) is 11.7 Å². The van der Waals surface area contributed by atoms with Crippen LogP contribution in [0.2, 0.25) is 0 Å². The first-order valence-corrected chi connectivity index (χ1v) is 7.50. The van der Waals surface area contributed by atoms with E-state index in [0.717, 1.165) is 0 Å². The van der Waals surface area contributed by atoms with Gasteiger partial charge in [0.1, 0.15) is 5.78 Å². The molecule has 1 atom stereocenters. The summed E-state index contributed by atoms with van der Waals surface area (Å²) in [6.45, 7) is 8.24. The molecule has 0 amide bonds. The molecular weight excluding hydrogens is 232 g/mol. The molecule has 19 heavy (non-hydrogen) atoms. The predicted molar refractivity (Wildman–Crippen MR) is 80.3 cm³/mol. The molecular formula is C18H26O. The first kappa shape index (κ1) is 14.3. The summed E-state index contributed by atoms with van der Waals surface area (Å²) < 4.78 is 0. The third kappa shape index (κ3) is 3.26. The van der Waals surface area contributed by atoms with Gasteiger partial charge in [0.2, 0.25) is 0 Å². The lowest BCUT2D eigenvalue weighted by atomic mass is 9.73. The summed E-state index contributed by atoms with van der Waals surface area (Å²) >= 11 is 0. The minimum absolute atomic E-state index is 0.100. The van der Waals surface area contributed by atoms with Crippen LogP contribution in [0.1, 0.15) is 63.5 Å². The summed E-state index contributed by atoms with van der Waals surface area (Å²) in [4.78, 5) is 12.8. The van der Waals surface area contributed by atoms with Crippen LogP contribution in [-0.2, 0) is 4.79 Å². The number of aryl methyl sites for hydroxylation is 1. The van der Waals surface area contributed by atoms with Gasteiger partial charge in [-0.15, -0.1) is 0 Å². The summed E-state index contributed by atoms with van der Waals surface area (Å²) in [5, 5.41) is 0. The molecule has 2 rings (SSSR count). The zero-order chi connectivity index (χ0) is 14.0. The second kappa shape index (κ2) is 5.48. The molecule has 0 N–H and O–H groups in total. The van der Waals surface area contributed by atoms with Crippen LogP contribution < -0.4 is 0 Å². The monoisotopic (exact) mass is 258 g/mol. The van der Waals surface area contributed by atoms with Gasteiger partial charge in [-0.25, -0.2) is 0 Å². The van der Waals surface area contributed by atoms with Gasteiger partial charge in [0.25, 0.3) is 0 Å². The molecule has 1 saturated carbocycles. The third-order valence-electron chi connectivity index (χ3n) is 4.33. The van der Waals surface area contributed by atoms with E-state index < -0.39 is 0 Å². The maximum absolute atomic E-state index is 12.8. The van der Waals surface area contributed by atoms with Crippen molar-refractivity contribution in [3.8, 4) is 0 Å². The van der Waals surface area contributed by atoms with Gasteiger partial charge in [-0.1, -0.05) is 63.4 Å². The van der Waals surface area contributed by atoms with Crippen LogP contribution in [0.25, 0.3) is 0 Å². The van der Waals surface area contributed by atoms with Gasteiger partial charge in [0, 0.05) is 11.3 Å². The zero-order valence-electron chi connectivity index (χ0n) is 12.7. The molecule has 1 aromatic rings. The van der Waals surface area contributed by atoms with Gasteiger partial charge in [0.15, 0.2) is 0 Å². The Morgan fingerprint density at radius 3 is 2.11 bits per heavy atom. The van der Waals surface area contributed by atoms with Crippen molar-refractivity contribution >= 4 is 5.78 Å². The molecule has 0 heterocycles. The Labute approximate surface area is 117 Å². The van der Waals surface area contributed by atoms with Crippen LogP contribution in [-0.4, -0.2) is 5.78 Å². The Morgan fingerprint density at radius 2 is 1.63 bits per heavy atom. The second-order valence-electron chi connectivity index (χ2n) is 7.05. The van der Waals surface area contributed by atoms with E-state index >= 15 is 0 Å². The summed E-state index contributed by atoms with van der Waals surface area (Å²) in [6, 6.07) is 8.57. The molecule has 1 aliphatic rings. The smallest absolute Gasteiger partial charge is 0.145 e. The average molecular weight is 258 g/mol. The standard InChI is InChI=1S/C18H26O/c1-13-9-11-15(12-10-13)16(14-7-5-6-8-14)17(19)18(2,3)4/h9-12,14,16H,5-8H2,1-4H3. The Kier molecular flexibility index (Phi) is 4.13. The van der Waals surface area contributed by atoms with Crippen LogP contribution in [0.3, 0.4) is 0 Å². The molecule has 1 fully saturated rings. The molecule has 1 heteroatoms. The topological polar surface area (TPSA) is 17.1 Å². The maximum atomic E-state index is 12.8. The summed E-state index contributed by atoms with van der Waals surface area (Å²) in [5.74, 6) is 1.06. The van der Waals surface area contributed by atoms with Gasteiger partial charge < -0.3 is 0 Å². The first-order valence-electron chi connectivity index (χ1n) is 7.50. The van der Waals surface area contributed by atoms with E-state index in [1.54, 1.807) is 0 Å². The van der Waals surface area contributed by atoms with Crippen molar-refractivity contribution in [3.63, 3.8) is 0 Å². The minimum atomic E-state index is -0.252. The lowest BCUT2D eigenvalue weighted by Gasteiger charge is -2.29. The van der Waals surface area contributed by atoms with Crippen LogP contribution in [0.5, 0.6) is 0 Å². The Bertz CT molecular complexity index is 430. The Balaban J connectivity index is 2.33. The number of rotatable bonds is 3.